The van der Waals surface area contributed by atoms with E-state index in [1.54, 1.807) is 0 Å². The quantitative estimate of drug-likeness (QED) is 0.624. The largest absolute Gasteiger partial charge is 0.297 e. The van der Waals surface area contributed by atoms with Crippen molar-refractivity contribution in [3.63, 3.8) is 0 Å². The van der Waals surface area contributed by atoms with Crippen LogP contribution in [-0.2, 0) is 0 Å². The molecule has 0 aromatic carbocycles. The van der Waals surface area contributed by atoms with Crippen molar-refractivity contribution in [2.75, 3.05) is 6.54 Å². The molecule has 0 atom stereocenters. The third-order valence-electron chi connectivity index (χ3n) is 2.69. The van der Waals surface area contributed by atoms with Gasteiger partial charge in [0.2, 0.25) is 0 Å². The molecule has 1 heteroatoms. The van der Waals surface area contributed by atoms with Gasteiger partial charge in [0.1, 0.15) is 0 Å². The molecule has 0 aromatic rings. The van der Waals surface area contributed by atoms with Crippen LogP contribution in [0.3, 0.4) is 0 Å². The third-order valence-corrected chi connectivity index (χ3v) is 2.69. The van der Waals surface area contributed by atoms with Gasteiger partial charge in [-0.05, 0) is 31.1 Å². The SMILES string of the molecule is CC(C)(C)CN(C1CC1)C1CC1. The maximum atomic E-state index is 2.76. The van der Waals surface area contributed by atoms with Gasteiger partial charge in [-0.25, -0.2) is 0 Å². The smallest absolute Gasteiger partial charge is 0.00995 e. The van der Waals surface area contributed by atoms with E-state index < -0.39 is 0 Å². The van der Waals surface area contributed by atoms with Gasteiger partial charge in [0.15, 0.2) is 0 Å². The first-order valence-corrected chi connectivity index (χ1v) is 5.32. The Morgan fingerprint density at radius 3 is 1.67 bits per heavy atom. The summed E-state index contributed by atoms with van der Waals surface area (Å²) in [6, 6.07) is 1.94. The minimum atomic E-state index is 0.491. The predicted molar refractivity (Wildman–Crippen MR) is 52.2 cm³/mol. The van der Waals surface area contributed by atoms with Crippen LogP contribution in [0.4, 0.5) is 0 Å². The highest BCUT2D eigenvalue weighted by molar-refractivity contribution is 4.95. The lowest BCUT2D eigenvalue weighted by Crippen LogP contribution is -2.36. The zero-order valence-corrected chi connectivity index (χ0v) is 8.64. The first kappa shape index (κ1) is 8.55. The number of hydrogen-bond donors (Lipinski definition) is 0. The first-order chi connectivity index (χ1) is 5.56. The van der Waals surface area contributed by atoms with Gasteiger partial charge in [0, 0.05) is 18.6 Å². The highest BCUT2D eigenvalue weighted by Gasteiger charge is 2.40. The summed E-state index contributed by atoms with van der Waals surface area (Å²) in [6.45, 7) is 8.36. The van der Waals surface area contributed by atoms with Crippen LogP contribution in [0.5, 0.6) is 0 Å². The molecule has 2 aliphatic carbocycles. The molecule has 70 valence electrons. The van der Waals surface area contributed by atoms with Gasteiger partial charge in [0.25, 0.3) is 0 Å². The van der Waals surface area contributed by atoms with E-state index >= 15 is 0 Å². The highest BCUT2D eigenvalue weighted by Crippen LogP contribution is 2.39. The Hall–Kier alpha value is -0.0400. The van der Waals surface area contributed by atoms with E-state index in [1.807, 2.05) is 0 Å². The minimum absolute atomic E-state index is 0.491. The molecule has 0 N–H and O–H groups in total. The Bertz CT molecular complexity index is 148. The standard InChI is InChI=1S/C11H21N/c1-11(2,3)8-12(9-4-5-9)10-6-7-10/h9-10H,4-8H2,1-3H3. The molecule has 0 amide bonds. The molecule has 0 unspecified atom stereocenters. The summed E-state index contributed by atoms with van der Waals surface area (Å²) in [5, 5.41) is 0. The highest BCUT2D eigenvalue weighted by atomic mass is 15.2. The van der Waals surface area contributed by atoms with Gasteiger partial charge >= 0.3 is 0 Å². The van der Waals surface area contributed by atoms with E-state index in [9.17, 15) is 0 Å². The molecule has 2 saturated carbocycles. The van der Waals surface area contributed by atoms with E-state index in [2.05, 4.69) is 25.7 Å². The van der Waals surface area contributed by atoms with E-state index in [4.69, 9.17) is 0 Å². The molecule has 0 radical (unpaired) electrons. The van der Waals surface area contributed by atoms with Crippen LogP contribution < -0.4 is 0 Å². The van der Waals surface area contributed by atoms with Crippen molar-refractivity contribution in [3.8, 4) is 0 Å². The van der Waals surface area contributed by atoms with E-state index in [1.165, 1.54) is 32.2 Å². The van der Waals surface area contributed by atoms with Gasteiger partial charge in [-0.15, -0.1) is 0 Å². The third kappa shape index (κ3) is 2.22. The summed E-state index contributed by atoms with van der Waals surface area (Å²) >= 11 is 0. The molecule has 2 aliphatic rings. The monoisotopic (exact) mass is 167 g/mol. The van der Waals surface area contributed by atoms with Crippen molar-refractivity contribution in [2.45, 2.75) is 58.5 Å². The summed E-state index contributed by atoms with van der Waals surface area (Å²) in [6.07, 6.45) is 5.86. The lowest BCUT2D eigenvalue weighted by atomic mass is 9.96. The number of nitrogens with zero attached hydrogens (tertiary/aromatic N) is 1. The maximum Gasteiger partial charge on any atom is 0.00995 e. The second kappa shape index (κ2) is 2.73. The Kier molecular flexibility index (Phi) is 1.95. The van der Waals surface area contributed by atoms with Crippen molar-refractivity contribution in [1.29, 1.82) is 0 Å². The van der Waals surface area contributed by atoms with Crippen LogP contribution in [0.15, 0.2) is 0 Å². The lowest BCUT2D eigenvalue weighted by Gasteiger charge is -2.29. The van der Waals surface area contributed by atoms with Crippen molar-refractivity contribution >= 4 is 0 Å². The summed E-state index contributed by atoms with van der Waals surface area (Å²) in [4.78, 5) is 2.76. The second-order valence-electron chi connectivity index (χ2n) is 5.70. The van der Waals surface area contributed by atoms with E-state index in [0.717, 1.165) is 12.1 Å². The van der Waals surface area contributed by atoms with Crippen LogP contribution >= 0.6 is 0 Å². The average Bonchev–Trinajstić information content (AvgIpc) is 2.78. The topological polar surface area (TPSA) is 3.24 Å². The van der Waals surface area contributed by atoms with E-state index in [-0.39, 0.29) is 0 Å². The summed E-state index contributed by atoms with van der Waals surface area (Å²) < 4.78 is 0. The van der Waals surface area contributed by atoms with Crippen LogP contribution in [-0.4, -0.2) is 23.5 Å². The lowest BCUT2D eigenvalue weighted by molar-refractivity contribution is 0.174. The molecule has 0 saturated heterocycles. The zero-order chi connectivity index (χ0) is 8.77. The van der Waals surface area contributed by atoms with Crippen LogP contribution in [0, 0.1) is 5.41 Å². The normalized spacial score (nSPS) is 25.0. The minimum Gasteiger partial charge on any atom is -0.297 e. The molecule has 0 aliphatic heterocycles. The van der Waals surface area contributed by atoms with Crippen molar-refractivity contribution in [3.05, 3.63) is 0 Å². The van der Waals surface area contributed by atoms with Gasteiger partial charge in [-0.1, -0.05) is 20.8 Å². The Morgan fingerprint density at radius 2 is 1.42 bits per heavy atom. The molecule has 2 rings (SSSR count). The molecule has 12 heavy (non-hydrogen) atoms. The van der Waals surface area contributed by atoms with Crippen molar-refractivity contribution in [1.82, 2.24) is 4.90 Å². The predicted octanol–water partition coefficient (Wildman–Crippen LogP) is 2.66. The van der Waals surface area contributed by atoms with Crippen molar-refractivity contribution < 1.29 is 0 Å². The first-order valence-electron chi connectivity index (χ1n) is 5.32. The zero-order valence-electron chi connectivity index (χ0n) is 8.64. The summed E-state index contributed by atoms with van der Waals surface area (Å²) in [5.41, 5.74) is 0.491. The molecule has 1 nitrogen and oxygen atoms in total. The molecule has 0 aromatic heterocycles. The molecule has 0 bridgehead atoms. The van der Waals surface area contributed by atoms with Crippen LogP contribution in [0.1, 0.15) is 46.5 Å². The Labute approximate surface area is 76.1 Å². The van der Waals surface area contributed by atoms with Gasteiger partial charge in [0.05, 0.1) is 0 Å². The molecule has 0 spiro atoms. The Morgan fingerprint density at radius 1 is 1.00 bits per heavy atom. The van der Waals surface area contributed by atoms with Crippen LogP contribution in [0.2, 0.25) is 0 Å². The second-order valence-corrected chi connectivity index (χ2v) is 5.70. The van der Waals surface area contributed by atoms with E-state index in [0.29, 0.717) is 5.41 Å². The molecule has 2 fully saturated rings. The fraction of sp³-hybridized carbons (Fsp3) is 1.00. The summed E-state index contributed by atoms with van der Waals surface area (Å²) in [7, 11) is 0. The van der Waals surface area contributed by atoms with Gasteiger partial charge < -0.3 is 0 Å². The number of rotatable bonds is 3. The number of hydrogen-bond acceptors (Lipinski definition) is 1. The summed E-state index contributed by atoms with van der Waals surface area (Å²) in [5.74, 6) is 0. The Balaban J connectivity index is 1.88. The van der Waals surface area contributed by atoms with Gasteiger partial charge in [-0.2, -0.15) is 0 Å². The van der Waals surface area contributed by atoms with Crippen LogP contribution in [0.25, 0.3) is 0 Å². The average molecular weight is 167 g/mol. The molecule has 0 heterocycles. The molecular weight excluding hydrogens is 146 g/mol. The fourth-order valence-corrected chi connectivity index (χ4v) is 1.92. The van der Waals surface area contributed by atoms with Crippen molar-refractivity contribution in [2.24, 2.45) is 5.41 Å². The van der Waals surface area contributed by atoms with Gasteiger partial charge in [-0.3, -0.25) is 4.90 Å². The molecular formula is C11H21N. The fourth-order valence-electron chi connectivity index (χ4n) is 1.92. The maximum absolute atomic E-state index is 2.76.